The van der Waals surface area contributed by atoms with Gasteiger partial charge in [0.1, 0.15) is 0 Å². The highest BCUT2D eigenvalue weighted by Crippen LogP contribution is 2.50. The van der Waals surface area contributed by atoms with Gasteiger partial charge in [-0.1, -0.05) is 46.3 Å². The molecule has 2 aromatic rings. The number of carboxylic acids is 1. The molecule has 1 heterocycles. The van der Waals surface area contributed by atoms with E-state index in [0.29, 0.717) is 5.92 Å². The molecule has 4 rings (SSSR count). The van der Waals surface area contributed by atoms with Gasteiger partial charge < -0.3 is 15.2 Å². The molecule has 0 saturated carbocycles. The van der Waals surface area contributed by atoms with Gasteiger partial charge in [-0.25, -0.2) is 0 Å². The molecule has 4 heteroatoms. The summed E-state index contributed by atoms with van der Waals surface area (Å²) in [4.78, 5) is 11.1. The maximum Gasteiger partial charge on any atom is 0.0715 e. The summed E-state index contributed by atoms with van der Waals surface area (Å²) in [5.41, 5.74) is 3.54. The number of carbonyl (C=O) groups excluding carboxylic acids is 1. The molecule has 1 aliphatic heterocycles. The van der Waals surface area contributed by atoms with E-state index in [1.807, 2.05) is 18.2 Å². The summed E-state index contributed by atoms with van der Waals surface area (Å²) in [5.74, 6) is -0.483. The maximum absolute atomic E-state index is 11.1. The van der Waals surface area contributed by atoms with Crippen molar-refractivity contribution in [2.24, 2.45) is 5.92 Å². The highest BCUT2D eigenvalue weighted by atomic mass is 79.9. The van der Waals surface area contributed by atoms with Crippen LogP contribution in [0.2, 0.25) is 0 Å². The van der Waals surface area contributed by atoms with Crippen molar-refractivity contribution in [1.29, 1.82) is 0 Å². The minimum Gasteiger partial charge on any atom is -0.545 e. The SMILES string of the molecule is O=C([O-])c1ccc2c(c1)[C@@H]1C=CC[C@@H]1[C@@H](c1cccc(Br)c1)N2. The van der Waals surface area contributed by atoms with Crippen LogP contribution in [-0.4, -0.2) is 5.97 Å². The van der Waals surface area contributed by atoms with Crippen molar-refractivity contribution >= 4 is 27.6 Å². The van der Waals surface area contributed by atoms with Crippen LogP contribution in [0.25, 0.3) is 0 Å². The van der Waals surface area contributed by atoms with Gasteiger partial charge in [0, 0.05) is 16.1 Å². The van der Waals surface area contributed by atoms with E-state index in [1.165, 1.54) is 5.56 Å². The molecular formula is C19H15BrNO2-. The van der Waals surface area contributed by atoms with E-state index in [0.717, 1.165) is 22.1 Å². The van der Waals surface area contributed by atoms with E-state index >= 15 is 0 Å². The van der Waals surface area contributed by atoms with Crippen molar-refractivity contribution in [2.75, 3.05) is 5.32 Å². The minimum absolute atomic E-state index is 0.216. The number of fused-ring (bicyclic) bond motifs is 3. The predicted molar refractivity (Wildman–Crippen MR) is 91.3 cm³/mol. The Kier molecular flexibility index (Phi) is 3.49. The minimum atomic E-state index is -1.12. The maximum atomic E-state index is 11.1. The van der Waals surface area contributed by atoms with Gasteiger partial charge in [0.05, 0.1) is 12.0 Å². The largest absolute Gasteiger partial charge is 0.545 e. The standard InChI is InChI=1S/C19H16BrNO2/c20-13-4-1-3-11(9-13)18-15-6-2-5-14(15)16-10-12(19(22)23)7-8-17(16)21-18/h1-5,7-10,14-15,18,21H,6H2,(H,22,23)/p-1/t14-,15+,18-/m1/s1. The van der Waals surface area contributed by atoms with E-state index < -0.39 is 5.97 Å². The summed E-state index contributed by atoms with van der Waals surface area (Å²) in [6, 6.07) is 13.8. The third-order valence-electron chi connectivity index (χ3n) is 4.81. The molecule has 0 radical (unpaired) electrons. The quantitative estimate of drug-likeness (QED) is 0.823. The zero-order valence-electron chi connectivity index (χ0n) is 12.3. The average Bonchev–Trinajstić information content (AvgIpc) is 3.03. The van der Waals surface area contributed by atoms with Crippen LogP contribution in [0.15, 0.2) is 59.1 Å². The number of halogens is 1. The molecule has 0 unspecified atom stereocenters. The summed E-state index contributed by atoms with van der Waals surface area (Å²) in [5, 5.41) is 14.8. The molecule has 0 amide bonds. The monoisotopic (exact) mass is 368 g/mol. The molecule has 3 atom stereocenters. The molecular weight excluding hydrogens is 354 g/mol. The Labute approximate surface area is 143 Å². The lowest BCUT2D eigenvalue weighted by molar-refractivity contribution is -0.255. The highest BCUT2D eigenvalue weighted by Gasteiger charge is 2.37. The van der Waals surface area contributed by atoms with Crippen LogP contribution in [0, 0.1) is 5.92 Å². The number of carboxylic acid groups (broad SMARTS) is 1. The van der Waals surface area contributed by atoms with E-state index in [9.17, 15) is 9.90 Å². The first-order chi connectivity index (χ1) is 11.1. The van der Waals surface area contributed by atoms with Crippen LogP contribution in [0.5, 0.6) is 0 Å². The zero-order valence-corrected chi connectivity index (χ0v) is 13.9. The van der Waals surface area contributed by atoms with Crippen molar-refractivity contribution in [1.82, 2.24) is 0 Å². The molecule has 23 heavy (non-hydrogen) atoms. The topological polar surface area (TPSA) is 52.2 Å². The zero-order chi connectivity index (χ0) is 16.0. The summed E-state index contributed by atoms with van der Waals surface area (Å²) in [6.45, 7) is 0. The number of hydrogen-bond donors (Lipinski definition) is 1. The van der Waals surface area contributed by atoms with Crippen LogP contribution >= 0.6 is 15.9 Å². The van der Waals surface area contributed by atoms with E-state index in [4.69, 9.17) is 0 Å². The fraction of sp³-hybridized carbons (Fsp3) is 0.211. The van der Waals surface area contributed by atoms with Crippen LogP contribution in [-0.2, 0) is 0 Å². The highest BCUT2D eigenvalue weighted by molar-refractivity contribution is 9.10. The molecule has 2 aromatic carbocycles. The Bertz CT molecular complexity index is 815. The lowest BCUT2D eigenvalue weighted by atomic mass is 9.76. The molecule has 2 aliphatic rings. The molecule has 0 spiro atoms. The second-order valence-corrected chi connectivity index (χ2v) is 7.04. The lowest BCUT2D eigenvalue weighted by Gasteiger charge is -2.38. The predicted octanol–water partition coefficient (Wildman–Crippen LogP) is 3.64. The Hall–Kier alpha value is -2.07. The van der Waals surface area contributed by atoms with Crippen molar-refractivity contribution in [2.45, 2.75) is 18.4 Å². The van der Waals surface area contributed by atoms with Gasteiger partial charge in [0.15, 0.2) is 0 Å². The molecule has 1 aliphatic carbocycles. The Morgan fingerprint density at radius 3 is 2.87 bits per heavy atom. The number of anilines is 1. The Morgan fingerprint density at radius 2 is 2.09 bits per heavy atom. The van der Waals surface area contributed by atoms with Crippen molar-refractivity contribution in [3.63, 3.8) is 0 Å². The number of allylic oxidation sites excluding steroid dienone is 2. The Morgan fingerprint density at radius 1 is 1.22 bits per heavy atom. The fourth-order valence-electron chi connectivity index (χ4n) is 3.75. The number of benzene rings is 2. The number of carbonyl (C=O) groups is 1. The second kappa shape index (κ2) is 5.53. The summed E-state index contributed by atoms with van der Waals surface area (Å²) in [6.07, 6.45) is 5.39. The van der Waals surface area contributed by atoms with Crippen LogP contribution in [0.3, 0.4) is 0 Å². The molecule has 1 N–H and O–H groups in total. The van der Waals surface area contributed by atoms with Crippen molar-refractivity contribution < 1.29 is 9.90 Å². The number of nitrogens with one attached hydrogen (secondary N) is 1. The third-order valence-corrected chi connectivity index (χ3v) is 5.30. The van der Waals surface area contributed by atoms with Gasteiger partial charge in [0.2, 0.25) is 0 Å². The third kappa shape index (κ3) is 2.47. The lowest BCUT2D eigenvalue weighted by Crippen LogP contribution is -2.30. The van der Waals surface area contributed by atoms with E-state index in [2.05, 4.69) is 45.5 Å². The van der Waals surface area contributed by atoms with Crippen LogP contribution in [0.1, 0.15) is 39.9 Å². The van der Waals surface area contributed by atoms with Gasteiger partial charge in [-0.2, -0.15) is 0 Å². The van der Waals surface area contributed by atoms with Crippen LogP contribution < -0.4 is 10.4 Å². The normalized spacial score (nSPS) is 24.7. The molecule has 3 nitrogen and oxygen atoms in total. The molecule has 0 aromatic heterocycles. The van der Waals surface area contributed by atoms with Gasteiger partial charge >= 0.3 is 0 Å². The Balaban J connectivity index is 1.79. The number of aromatic carboxylic acids is 1. The van der Waals surface area contributed by atoms with Crippen LogP contribution in [0.4, 0.5) is 5.69 Å². The summed E-state index contributed by atoms with van der Waals surface area (Å²) in [7, 11) is 0. The van der Waals surface area contributed by atoms with Crippen molar-refractivity contribution in [3.05, 3.63) is 75.8 Å². The van der Waals surface area contributed by atoms with E-state index in [1.54, 1.807) is 12.1 Å². The van der Waals surface area contributed by atoms with Crippen molar-refractivity contribution in [3.8, 4) is 0 Å². The summed E-state index contributed by atoms with van der Waals surface area (Å²) < 4.78 is 1.07. The molecule has 0 fully saturated rings. The first-order valence-electron chi connectivity index (χ1n) is 7.67. The van der Waals surface area contributed by atoms with E-state index in [-0.39, 0.29) is 17.5 Å². The fourth-order valence-corrected chi connectivity index (χ4v) is 4.17. The first-order valence-corrected chi connectivity index (χ1v) is 8.47. The molecule has 0 bridgehead atoms. The van der Waals surface area contributed by atoms with Gasteiger partial charge in [-0.3, -0.25) is 0 Å². The second-order valence-electron chi connectivity index (χ2n) is 6.12. The molecule has 0 saturated heterocycles. The average molecular weight is 369 g/mol. The molecule has 116 valence electrons. The van der Waals surface area contributed by atoms with Gasteiger partial charge in [-0.05, 0) is 53.3 Å². The van der Waals surface area contributed by atoms with Gasteiger partial charge in [0.25, 0.3) is 0 Å². The first kappa shape index (κ1) is 14.5. The summed E-state index contributed by atoms with van der Waals surface area (Å²) >= 11 is 3.54. The number of hydrogen-bond acceptors (Lipinski definition) is 3. The van der Waals surface area contributed by atoms with Gasteiger partial charge in [-0.15, -0.1) is 0 Å². The smallest absolute Gasteiger partial charge is 0.0715 e. The number of rotatable bonds is 2.